The Balaban J connectivity index is 1.69. The number of ether oxygens (including phenoxy) is 1. The van der Waals surface area contributed by atoms with Gasteiger partial charge in [0.25, 0.3) is 5.91 Å². The first kappa shape index (κ1) is 17.6. The standard InChI is InChI=1S/C17H26N6O2/c1-5-13-8-14(23(4)20-13)17(24)18-10-15-16(21(2)6-7-25-15)12-9-19-22(3)11-12/h8-9,11,15-16H,5-7,10H2,1-4H3,(H,18,24)/t15-,16-/m0/s1. The lowest BCUT2D eigenvalue weighted by molar-refractivity contribution is -0.0605. The Labute approximate surface area is 147 Å². The third-order valence-corrected chi connectivity index (χ3v) is 4.66. The third kappa shape index (κ3) is 3.74. The lowest BCUT2D eigenvalue weighted by Crippen LogP contribution is -2.48. The Hall–Kier alpha value is -2.19. The monoisotopic (exact) mass is 346 g/mol. The van der Waals surface area contributed by atoms with Gasteiger partial charge in [0.1, 0.15) is 5.69 Å². The van der Waals surface area contributed by atoms with Gasteiger partial charge in [-0.2, -0.15) is 10.2 Å². The van der Waals surface area contributed by atoms with E-state index in [0.717, 1.165) is 24.2 Å². The summed E-state index contributed by atoms with van der Waals surface area (Å²) >= 11 is 0. The zero-order valence-corrected chi connectivity index (χ0v) is 15.3. The highest BCUT2D eigenvalue weighted by atomic mass is 16.5. The van der Waals surface area contributed by atoms with Crippen molar-refractivity contribution in [2.24, 2.45) is 14.1 Å². The van der Waals surface area contributed by atoms with Crippen molar-refractivity contribution in [2.45, 2.75) is 25.5 Å². The Bertz CT molecular complexity index is 737. The van der Waals surface area contributed by atoms with E-state index in [-0.39, 0.29) is 18.1 Å². The van der Waals surface area contributed by atoms with E-state index in [9.17, 15) is 4.79 Å². The van der Waals surface area contributed by atoms with E-state index in [0.29, 0.717) is 18.8 Å². The number of hydrogen-bond acceptors (Lipinski definition) is 5. The summed E-state index contributed by atoms with van der Waals surface area (Å²) in [7, 11) is 5.76. The summed E-state index contributed by atoms with van der Waals surface area (Å²) in [6.45, 7) is 3.97. The van der Waals surface area contributed by atoms with Gasteiger partial charge in [0.15, 0.2) is 0 Å². The number of likely N-dealkylation sites (N-methyl/N-ethyl adjacent to an activating group) is 1. The summed E-state index contributed by atoms with van der Waals surface area (Å²) in [5.74, 6) is -0.128. The van der Waals surface area contributed by atoms with Crippen LogP contribution < -0.4 is 5.32 Å². The molecule has 2 aromatic rings. The van der Waals surface area contributed by atoms with Crippen molar-refractivity contribution in [1.29, 1.82) is 0 Å². The SMILES string of the molecule is CCc1cc(C(=O)NC[C@@H]2OCCN(C)[C@H]2c2cnn(C)c2)n(C)n1. The molecule has 1 fully saturated rings. The average molecular weight is 346 g/mol. The molecule has 1 aliphatic heterocycles. The molecule has 3 heterocycles. The van der Waals surface area contributed by atoms with Gasteiger partial charge in [-0.15, -0.1) is 0 Å². The van der Waals surface area contributed by atoms with Crippen LogP contribution in [0, 0.1) is 0 Å². The number of nitrogens with zero attached hydrogens (tertiary/aromatic N) is 5. The van der Waals surface area contributed by atoms with Gasteiger partial charge in [-0.25, -0.2) is 0 Å². The second-order valence-electron chi connectivity index (χ2n) is 6.49. The van der Waals surface area contributed by atoms with Crippen molar-refractivity contribution in [3.8, 4) is 0 Å². The van der Waals surface area contributed by atoms with E-state index in [1.807, 2.05) is 32.4 Å². The number of carbonyl (C=O) groups is 1. The van der Waals surface area contributed by atoms with Gasteiger partial charge in [-0.3, -0.25) is 19.1 Å². The molecule has 2 aromatic heterocycles. The molecule has 8 heteroatoms. The van der Waals surface area contributed by atoms with Gasteiger partial charge in [0.05, 0.1) is 30.6 Å². The molecule has 25 heavy (non-hydrogen) atoms. The summed E-state index contributed by atoms with van der Waals surface area (Å²) < 4.78 is 9.36. The first-order chi connectivity index (χ1) is 12.0. The molecule has 2 atom stereocenters. The summed E-state index contributed by atoms with van der Waals surface area (Å²) in [5, 5.41) is 11.6. The fourth-order valence-electron chi connectivity index (χ4n) is 3.29. The Kier molecular flexibility index (Phi) is 5.19. The molecule has 8 nitrogen and oxygen atoms in total. The predicted molar refractivity (Wildman–Crippen MR) is 93.2 cm³/mol. The minimum Gasteiger partial charge on any atom is -0.373 e. The van der Waals surface area contributed by atoms with E-state index in [1.54, 1.807) is 16.4 Å². The van der Waals surface area contributed by atoms with Crippen LogP contribution in [0.1, 0.15) is 34.7 Å². The molecule has 1 aliphatic rings. The maximum absolute atomic E-state index is 12.5. The van der Waals surface area contributed by atoms with Crippen LogP contribution in [0.4, 0.5) is 0 Å². The fourth-order valence-corrected chi connectivity index (χ4v) is 3.29. The van der Waals surface area contributed by atoms with Crippen LogP contribution in [0.25, 0.3) is 0 Å². The number of aryl methyl sites for hydroxylation is 3. The number of amides is 1. The summed E-state index contributed by atoms with van der Waals surface area (Å²) in [6.07, 6.45) is 4.55. The zero-order chi connectivity index (χ0) is 18.0. The molecule has 0 spiro atoms. The molecule has 0 saturated carbocycles. The summed E-state index contributed by atoms with van der Waals surface area (Å²) in [4.78, 5) is 14.8. The molecule has 0 radical (unpaired) electrons. The number of hydrogen-bond donors (Lipinski definition) is 1. The summed E-state index contributed by atoms with van der Waals surface area (Å²) in [5.41, 5.74) is 2.58. The van der Waals surface area contributed by atoms with Crippen LogP contribution in [-0.2, 0) is 25.3 Å². The highest BCUT2D eigenvalue weighted by molar-refractivity contribution is 5.92. The summed E-state index contributed by atoms with van der Waals surface area (Å²) in [6, 6.07) is 1.91. The fraction of sp³-hybridized carbons (Fsp3) is 0.588. The van der Waals surface area contributed by atoms with Crippen LogP contribution in [0.3, 0.4) is 0 Å². The molecule has 1 amide bonds. The highest BCUT2D eigenvalue weighted by Crippen LogP contribution is 2.27. The van der Waals surface area contributed by atoms with Crippen molar-refractivity contribution < 1.29 is 9.53 Å². The van der Waals surface area contributed by atoms with E-state index >= 15 is 0 Å². The quantitative estimate of drug-likeness (QED) is 0.854. The number of nitrogens with one attached hydrogen (secondary N) is 1. The van der Waals surface area contributed by atoms with Crippen molar-refractivity contribution in [2.75, 3.05) is 26.7 Å². The second kappa shape index (κ2) is 7.37. The first-order valence-corrected chi connectivity index (χ1v) is 8.61. The Morgan fingerprint density at radius 3 is 2.84 bits per heavy atom. The molecule has 3 rings (SSSR count). The molecule has 136 valence electrons. The molecular formula is C17H26N6O2. The van der Waals surface area contributed by atoms with Gasteiger partial charge in [-0.05, 0) is 19.5 Å². The minimum absolute atomic E-state index is 0.0699. The highest BCUT2D eigenvalue weighted by Gasteiger charge is 2.32. The maximum atomic E-state index is 12.5. The number of morpholine rings is 1. The smallest absolute Gasteiger partial charge is 0.269 e. The van der Waals surface area contributed by atoms with E-state index in [1.165, 1.54) is 0 Å². The minimum atomic E-state index is -0.128. The maximum Gasteiger partial charge on any atom is 0.269 e. The number of carbonyl (C=O) groups excluding carboxylic acids is 1. The lowest BCUT2D eigenvalue weighted by atomic mass is 10.0. The molecule has 1 N–H and O–H groups in total. The van der Waals surface area contributed by atoms with Crippen LogP contribution in [0.5, 0.6) is 0 Å². The van der Waals surface area contributed by atoms with E-state index in [2.05, 4.69) is 27.5 Å². The van der Waals surface area contributed by atoms with Crippen molar-refractivity contribution in [1.82, 2.24) is 29.8 Å². The Morgan fingerprint density at radius 2 is 2.20 bits per heavy atom. The average Bonchev–Trinajstić information content (AvgIpc) is 3.18. The zero-order valence-electron chi connectivity index (χ0n) is 15.3. The first-order valence-electron chi connectivity index (χ1n) is 8.61. The lowest BCUT2D eigenvalue weighted by Gasteiger charge is -2.38. The topological polar surface area (TPSA) is 77.2 Å². The molecule has 1 saturated heterocycles. The van der Waals surface area contributed by atoms with E-state index < -0.39 is 0 Å². The van der Waals surface area contributed by atoms with Crippen molar-refractivity contribution in [3.63, 3.8) is 0 Å². The number of rotatable bonds is 5. The molecule has 0 unspecified atom stereocenters. The largest absolute Gasteiger partial charge is 0.373 e. The molecule has 0 aromatic carbocycles. The van der Waals surface area contributed by atoms with Crippen LogP contribution in [0.2, 0.25) is 0 Å². The van der Waals surface area contributed by atoms with Gasteiger partial charge in [0, 0.05) is 38.9 Å². The molecule has 0 bridgehead atoms. The van der Waals surface area contributed by atoms with Crippen molar-refractivity contribution in [3.05, 3.63) is 35.4 Å². The van der Waals surface area contributed by atoms with Crippen LogP contribution >= 0.6 is 0 Å². The molecule has 0 aliphatic carbocycles. The van der Waals surface area contributed by atoms with E-state index in [4.69, 9.17) is 4.74 Å². The van der Waals surface area contributed by atoms with Gasteiger partial charge in [0.2, 0.25) is 0 Å². The van der Waals surface area contributed by atoms with Gasteiger partial charge in [-0.1, -0.05) is 6.92 Å². The van der Waals surface area contributed by atoms with Crippen LogP contribution in [0.15, 0.2) is 18.5 Å². The third-order valence-electron chi connectivity index (χ3n) is 4.66. The van der Waals surface area contributed by atoms with Crippen molar-refractivity contribution >= 4 is 5.91 Å². The normalized spacial score (nSPS) is 21.4. The van der Waals surface area contributed by atoms with Gasteiger partial charge >= 0.3 is 0 Å². The molecular weight excluding hydrogens is 320 g/mol. The second-order valence-corrected chi connectivity index (χ2v) is 6.49. The van der Waals surface area contributed by atoms with Gasteiger partial charge < -0.3 is 10.1 Å². The number of aromatic nitrogens is 4. The van der Waals surface area contributed by atoms with Crippen LogP contribution in [-0.4, -0.2) is 63.2 Å². The predicted octanol–water partition coefficient (Wildman–Crippen LogP) is 0.518. The Morgan fingerprint density at radius 1 is 1.40 bits per heavy atom.